The van der Waals surface area contributed by atoms with E-state index in [1.165, 1.54) is 5.56 Å². The Morgan fingerprint density at radius 1 is 0.854 bits per heavy atom. The van der Waals surface area contributed by atoms with Crippen molar-refractivity contribution in [3.63, 3.8) is 0 Å². The van der Waals surface area contributed by atoms with Crippen molar-refractivity contribution >= 4 is 17.8 Å². The molecule has 7 heteroatoms. The molecule has 1 aliphatic rings. The lowest BCUT2D eigenvalue weighted by Gasteiger charge is -2.27. The number of amides is 2. The number of rotatable bonds is 10. The topological polar surface area (TPSA) is 99.6 Å². The van der Waals surface area contributed by atoms with E-state index < -0.39 is 5.97 Å². The van der Waals surface area contributed by atoms with Crippen molar-refractivity contribution in [1.29, 1.82) is 0 Å². The van der Waals surface area contributed by atoms with E-state index in [-0.39, 0.29) is 30.8 Å². The van der Waals surface area contributed by atoms with Crippen molar-refractivity contribution in [1.82, 2.24) is 15.2 Å². The predicted molar refractivity (Wildman–Crippen MR) is 158 cm³/mol. The summed E-state index contributed by atoms with van der Waals surface area (Å²) in [5, 5.41) is 12.6. The van der Waals surface area contributed by atoms with Crippen molar-refractivity contribution in [2.75, 3.05) is 13.1 Å². The number of aryl methyl sites for hydroxylation is 1. The van der Waals surface area contributed by atoms with Crippen molar-refractivity contribution in [2.45, 2.75) is 38.1 Å². The second kappa shape index (κ2) is 13.0. The fourth-order valence-corrected chi connectivity index (χ4v) is 5.49. The molecule has 0 aliphatic heterocycles. The molecule has 41 heavy (non-hydrogen) atoms. The zero-order valence-electron chi connectivity index (χ0n) is 22.8. The minimum Gasteiger partial charge on any atom is -0.481 e. The lowest BCUT2D eigenvalue weighted by Crippen LogP contribution is -2.35. The number of pyridine rings is 1. The van der Waals surface area contributed by atoms with Gasteiger partial charge in [-0.05, 0) is 71.7 Å². The summed E-state index contributed by atoms with van der Waals surface area (Å²) in [7, 11) is 0. The van der Waals surface area contributed by atoms with E-state index in [1.54, 1.807) is 35.5 Å². The molecule has 0 saturated carbocycles. The van der Waals surface area contributed by atoms with Gasteiger partial charge in [0.25, 0.3) is 11.8 Å². The maximum Gasteiger partial charge on any atom is 0.305 e. The van der Waals surface area contributed by atoms with E-state index >= 15 is 0 Å². The van der Waals surface area contributed by atoms with Crippen LogP contribution < -0.4 is 5.32 Å². The number of nitrogens with zero attached hydrogens (tertiary/aromatic N) is 2. The average Bonchev–Trinajstić information content (AvgIpc) is 3.01. The van der Waals surface area contributed by atoms with Gasteiger partial charge in [-0.2, -0.15) is 0 Å². The Bertz CT molecular complexity index is 1540. The van der Waals surface area contributed by atoms with Crippen molar-refractivity contribution in [2.24, 2.45) is 0 Å². The molecule has 3 aromatic carbocycles. The van der Waals surface area contributed by atoms with E-state index in [0.717, 1.165) is 30.4 Å². The van der Waals surface area contributed by atoms with Gasteiger partial charge in [-0.1, -0.05) is 66.7 Å². The number of hydrogen-bond donors (Lipinski definition) is 2. The Balaban J connectivity index is 1.43. The standard InChI is InChI=1S/C34H33N3O4/c38-32(39)19-22-37(21-18-24-9-8-20-35-23-24)34(41)30-16-6-4-14-28(30)27-13-3-5-15-29(27)33(40)36-31-17-7-11-25-10-1-2-12-26(25)31/h1-6,8-10,12-16,20,23,31H,7,11,17-19,21-22H2,(H,36,40)(H,38,39). The van der Waals surface area contributed by atoms with Gasteiger partial charge in [-0.25, -0.2) is 0 Å². The number of carbonyl (C=O) groups excluding carboxylic acids is 2. The summed E-state index contributed by atoms with van der Waals surface area (Å²) < 4.78 is 0. The zero-order valence-corrected chi connectivity index (χ0v) is 22.8. The maximum absolute atomic E-state index is 13.9. The third-order valence-electron chi connectivity index (χ3n) is 7.57. The first-order valence-corrected chi connectivity index (χ1v) is 14.0. The molecule has 1 unspecified atom stereocenters. The maximum atomic E-state index is 13.9. The molecule has 0 spiro atoms. The van der Waals surface area contributed by atoms with Gasteiger partial charge in [0.2, 0.25) is 0 Å². The molecule has 7 nitrogen and oxygen atoms in total. The van der Waals surface area contributed by atoms with Crippen LogP contribution in [0.1, 0.15) is 62.7 Å². The number of fused-ring (bicyclic) bond motifs is 1. The molecular formula is C34H33N3O4. The summed E-state index contributed by atoms with van der Waals surface area (Å²) in [5.41, 5.74) is 5.58. The second-order valence-electron chi connectivity index (χ2n) is 10.3. The molecule has 1 atom stereocenters. The first kappa shape index (κ1) is 27.8. The van der Waals surface area contributed by atoms with E-state index in [2.05, 4.69) is 22.4 Å². The quantitative estimate of drug-likeness (QED) is 0.265. The number of benzene rings is 3. The molecule has 0 saturated heterocycles. The molecule has 0 bridgehead atoms. The average molecular weight is 548 g/mol. The van der Waals surface area contributed by atoms with Gasteiger partial charge >= 0.3 is 5.97 Å². The smallest absolute Gasteiger partial charge is 0.305 e. The first-order valence-electron chi connectivity index (χ1n) is 14.0. The van der Waals surface area contributed by atoms with Crippen LogP contribution in [0.2, 0.25) is 0 Å². The van der Waals surface area contributed by atoms with Gasteiger partial charge in [0.05, 0.1) is 12.5 Å². The summed E-state index contributed by atoms with van der Waals surface area (Å²) >= 11 is 0. The largest absolute Gasteiger partial charge is 0.481 e. The number of carboxylic acid groups (broad SMARTS) is 1. The number of carbonyl (C=O) groups is 3. The summed E-state index contributed by atoms with van der Waals surface area (Å²) in [6, 6.07) is 26.4. The predicted octanol–water partition coefficient (Wildman–Crippen LogP) is 5.72. The SMILES string of the molecule is O=C(O)CCN(CCc1cccnc1)C(=O)c1ccccc1-c1ccccc1C(=O)NC1CCCc2ccccc21. The molecule has 0 radical (unpaired) electrons. The number of aromatic nitrogens is 1. The molecule has 1 aliphatic carbocycles. The Morgan fingerprint density at radius 3 is 2.32 bits per heavy atom. The van der Waals surface area contributed by atoms with Gasteiger partial charge in [0, 0.05) is 36.6 Å². The molecule has 2 amide bonds. The van der Waals surface area contributed by atoms with Gasteiger partial charge in [-0.3, -0.25) is 19.4 Å². The van der Waals surface area contributed by atoms with Gasteiger partial charge in [-0.15, -0.1) is 0 Å². The Morgan fingerprint density at radius 2 is 1.56 bits per heavy atom. The Kier molecular flexibility index (Phi) is 8.84. The molecule has 1 aromatic heterocycles. The minimum atomic E-state index is -0.969. The fourth-order valence-electron chi connectivity index (χ4n) is 5.49. The van der Waals surface area contributed by atoms with Crippen LogP contribution in [-0.2, 0) is 17.6 Å². The molecule has 5 rings (SSSR count). The monoisotopic (exact) mass is 547 g/mol. The Labute approximate surface area is 239 Å². The summed E-state index contributed by atoms with van der Waals surface area (Å²) in [6.07, 6.45) is 6.70. The van der Waals surface area contributed by atoms with E-state index in [0.29, 0.717) is 35.2 Å². The lowest BCUT2D eigenvalue weighted by molar-refractivity contribution is -0.137. The zero-order chi connectivity index (χ0) is 28.6. The summed E-state index contributed by atoms with van der Waals surface area (Å²) in [4.78, 5) is 44.7. The number of aliphatic carboxylic acids is 1. The number of hydrogen-bond acceptors (Lipinski definition) is 4. The first-order chi connectivity index (χ1) is 20.0. The van der Waals surface area contributed by atoms with Crippen molar-refractivity contribution < 1.29 is 19.5 Å². The third kappa shape index (κ3) is 6.69. The van der Waals surface area contributed by atoms with Crippen LogP contribution in [0.5, 0.6) is 0 Å². The molecule has 208 valence electrons. The molecule has 1 heterocycles. The second-order valence-corrected chi connectivity index (χ2v) is 10.3. The van der Waals surface area contributed by atoms with E-state index in [4.69, 9.17) is 0 Å². The normalized spacial score (nSPS) is 14.1. The number of nitrogens with one attached hydrogen (secondary N) is 1. The third-order valence-corrected chi connectivity index (χ3v) is 7.57. The van der Waals surface area contributed by atoms with Crippen LogP contribution in [0, 0.1) is 0 Å². The highest BCUT2D eigenvalue weighted by atomic mass is 16.4. The van der Waals surface area contributed by atoms with Crippen LogP contribution >= 0.6 is 0 Å². The highest BCUT2D eigenvalue weighted by Gasteiger charge is 2.25. The fraction of sp³-hybridized carbons (Fsp3) is 0.235. The van der Waals surface area contributed by atoms with Crippen molar-refractivity contribution in [3.8, 4) is 11.1 Å². The van der Waals surface area contributed by atoms with Crippen LogP contribution in [0.4, 0.5) is 0 Å². The Hall–Kier alpha value is -4.78. The van der Waals surface area contributed by atoms with Gasteiger partial charge < -0.3 is 15.3 Å². The highest BCUT2D eigenvalue weighted by molar-refractivity contribution is 6.06. The van der Waals surface area contributed by atoms with Crippen molar-refractivity contribution in [3.05, 3.63) is 125 Å². The molecule has 0 fully saturated rings. The summed E-state index contributed by atoms with van der Waals surface area (Å²) in [5.74, 6) is -1.44. The van der Waals surface area contributed by atoms with Crippen LogP contribution in [0.15, 0.2) is 97.3 Å². The van der Waals surface area contributed by atoms with Gasteiger partial charge in [0.1, 0.15) is 0 Å². The summed E-state index contributed by atoms with van der Waals surface area (Å²) in [6.45, 7) is 0.418. The number of carboxylic acids is 1. The highest BCUT2D eigenvalue weighted by Crippen LogP contribution is 2.32. The molecular weight excluding hydrogens is 514 g/mol. The van der Waals surface area contributed by atoms with E-state index in [1.807, 2.05) is 54.6 Å². The minimum absolute atomic E-state index is 0.0728. The van der Waals surface area contributed by atoms with Crippen LogP contribution in [0.25, 0.3) is 11.1 Å². The van der Waals surface area contributed by atoms with E-state index in [9.17, 15) is 19.5 Å². The van der Waals surface area contributed by atoms with Gasteiger partial charge in [0.15, 0.2) is 0 Å². The lowest BCUT2D eigenvalue weighted by atomic mass is 9.87. The molecule has 4 aromatic rings. The molecule has 2 N–H and O–H groups in total. The van der Waals surface area contributed by atoms with Crippen LogP contribution in [0.3, 0.4) is 0 Å². The van der Waals surface area contributed by atoms with Crippen LogP contribution in [-0.4, -0.2) is 45.9 Å².